The minimum absolute atomic E-state index is 0.146. The lowest BCUT2D eigenvalue weighted by atomic mass is 10.2. The third-order valence-corrected chi connectivity index (χ3v) is 4.52. The van der Waals surface area contributed by atoms with Crippen LogP contribution < -0.4 is 15.8 Å². The van der Waals surface area contributed by atoms with Gasteiger partial charge in [-0.15, -0.1) is 0 Å². The number of nitrogens with one attached hydrogen (secondary N) is 1. The topological polar surface area (TPSA) is 91.6 Å². The van der Waals surface area contributed by atoms with E-state index in [1.54, 1.807) is 36.1 Å². The van der Waals surface area contributed by atoms with Crippen LogP contribution in [0.3, 0.4) is 0 Å². The molecule has 2 amide bonds. The lowest BCUT2D eigenvalue weighted by molar-refractivity contribution is -0.126. The van der Waals surface area contributed by atoms with E-state index in [0.717, 1.165) is 6.07 Å². The van der Waals surface area contributed by atoms with Crippen molar-refractivity contribution in [2.24, 2.45) is 0 Å². The summed E-state index contributed by atoms with van der Waals surface area (Å²) in [6.45, 7) is 1.88. The first-order valence-electron chi connectivity index (χ1n) is 8.12. The van der Waals surface area contributed by atoms with Gasteiger partial charge in [0, 0.05) is 29.0 Å². The third kappa shape index (κ3) is 3.72. The smallest absolute Gasteiger partial charge is 0.254 e. The van der Waals surface area contributed by atoms with Crippen LogP contribution in [0.15, 0.2) is 41.2 Å². The van der Waals surface area contributed by atoms with Crippen LogP contribution in [0.4, 0.5) is 5.69 Å². The van der Waals surface area contributed by atoms with Gasteiger partial charge < -0.3 is 19.9 Å². The van der Waals surface area contributed by atoms with Gasteiger partial charge in [0.15, 0.2) is 0 Å². The van der Waals surface area contributed by atoms with Crippen LogP contribution in [0.2, 0.25) is 5.02 Å². The summed E-state index contributed by atoms with van der Waals surface area (Å²) < 4.78 is 1.24. The molecule has 0 bridgehead atoms. The van der Waals surface area contributed by atoms with Gasteiger partial charge in [-0.3, -0.25) is 14.4 Å². The maximum Gasteiger partial charge on any atom is 0.254 e. The number of rotatable bonds is 4. The molecule has 1 aliphatic rings. The van der Waals surface area contributed by atoms with Crippen molar-refractivity contribution in [1.82, 2.24) is 9.88 Å². The van der Waals surface area contributed by atoms with Crippen molar-refractivity contribution >= 4 is 29.1 Å². The summed E-state index contributed by atoms with van der Waals surface area (Å²) in [5.41, 5.74) is 0.671. The second-order valence-corrected chi connectivity index (χ2v) is 6.59. The average Bonchev–Trinajstić information content (AvgIpc) is 2.92. The van der Waals surface area contributed by atoms with Gasteiger partial charge >= 0.3 is 0 Å². The molecule has 8 heteroatoms. The van der Waals surface area contributed by atoms with Gasteiger partial charge in [-0.25, -0.2) is 0 Å². The van der Waals surface area contributed by atoms with Gasteiger partial charge in [-0.2, -0.15) is 0 Å². The van der Waals surface area contributed by atoms with Crippen LogP contribution in [-0.2, 0) is 16.1 Å². The quantitative estimate of drug-likeness (QED) is 0.845. The van der Waals surface area contributed by atoms with Gasteiger partial charge in [0.05, 0.1) is 0 Å². The van der Waals surface area contributed by atoms with Gasteiger partial charge in [-0.1, -0.05) is 17.7 Å². The number of hydrogen-bond acceptors (Lipinski definition) is 4. The lowest BCUT2D eigenvalue weighted by Gasteiger charge is -2.18. The molecule has 1 aromatic heterocycles. The van der Waals surface area contributed by atoms with Crippen molar-refractivity contribution in [1.29, 1.82) is 0 Å². The second kappa shape index (κ2) is 7.21. The molecule has 1 fully saturated rings. The fraction of sp³-hybridized carbons (Fsp3) is 0.278. The number of halogens is 1. The molecule has 7 nitrogen and oxygen atoms in total. The number of anilines is 1. The first kappa shape index (κ1) is 18.0. The highest BCUT2D eigenvalue weighted by Gasteiger charge is 2.33. The molecule has 1 aliphatic heterocycles. The molecule has 2 aromatic rings. The fourth-order valence-electron chi connectivity index (χ4n) is 3.01. The highest BCUT2D eigenvalue weighted by molar-refractivity contribution is 6.31. The summed E-state index contributed by atoms with van der Waals surface area (Å²) in [5.74, 6) is -0.796. The molecule has 0 radical (unpaired) electrons. The molecule has 2 N–H and O–H groups in total. The van der Waals surface area contributed by atoms with Gasteiger partial charge in [0.25, 0.3) is 5.56 Å². The monoisotopic (exact) mass is 375 g/mol. The number of pyridine rings is 1. The molecule has 2 heterocycles. The van der Waals surface area contributed by atoms with Crippen LogP contribution in [0.25, 0.3) is 0 Å². The van der Waals surface area contributed by atoms with Crippen LogP contribution in [0.1, 0.15) is 12.1 Å². The first-order valence-corrected chi connectivity index (χ1v) is 8.50. The predicted octanol–water partition coefficient (Wildman–Crippen LogP) is 1.44. The average molecular weight is 376 g/mol. The number of nitrogens with zero attached hydrogens (tertiary/aromatic N) is 2. The van der Waals surface area contributed by atoms with Gasteiger partial charge in [0.2, 0.25) is 11.8 Å². The molecule has 1 atom stereocenters. The first-order chi connectivity index (χ1) is 12.3. The van der Waals surface area contributed by atoms with E-state index in [1.807, 2.05) is 0 Å². The summed E-state index contributed by atoms with van der Waals surface area (Å²) in [6.07, 6.45) is 0.473. The molecule has 3 rings (SSSR count). The van der Waals surface area contributed by atoms with E-state index in [1.165, 1.54) is 10.6 Å². The van der Waals surface area contributed by atoms with Crippen LogP contribution in [-0.4, -0.2) is 34.1 Å². The number of aryl methyl sites for hydroxylation is 1. The van der Waals surface area contributed by atoms with Crippen molar-refractivity contribution in [2.45, 2.75) is 25.9 Å². The predicted molar refractivity (Wildman–Crippen MR) is 97.5 cm³/mol. The van der Waals surface area contributed by atoms with Crippen molar-refractivity contribution in [3.05, 3.63) is 57.5 Å². The maximum absolute atomic E-state index is 12.6. The number of aromatic hydroxyl groups is 1. The Kier molecular flexibility index (Phi) is 4.99. The summed E-state index contributed by atoms with van der Waals surface area (Å²) in [5, 5.41) is 12.6. The standard InChI is InChI=1S/C18H18ClN3O4/c1-11-7-14(23)9-17(25)22(11)10-16(24)20-15-5-6-21(18(15)26)13-4-2-3-12(19)8-13/h2-4,7-9,15,23H,5-6,10H2,1H3,(H,20,24). The zero-order chi connectivity index (χ0) is 18.8. The lowest BCUT2D eigenvalue weighted by Crippen LogP contribution is -2.43. The van der Waals surface area contributed by atoms with Crippen LogP contribution >= 0.6 is 11.6 Å². The second-order valence-electron chi connectivity index (χ2n) is 6.16. The Balaban J connectivity index is 1.67. The molecule has 1 unspecified atom stereocenters. The van der Waals surface area contributed by atoms with E-state index in [4.69, 9.17) is 11.6 Å². The van der Waals surface area contributed by atoms with Crippen molar-refractivity contribution < 1.29 is 14.7 Å². The van der Waals surface area contributed by atoms with E-state index >= 15 is 0 Å². The maximum atomic E-state index is 12.6. The minimum Gasteiger partial charge on any atom is -0.508 e. The van der Waals surface area contributed by atoms with Crippen molar-refractivity contribution in [3.63, 3.8) is 0 Å². The van der Waals surface area contributed by atoms with E-state index in [-0.39, 0.29) is 18.2 Å². The Morgan fingerprint density at radius 3 is 2.77 bits per heavy atom. The Labute approximate surface area is 154 Å². The number of amides is 2. The summed E-state index contributed by atoms with van der Waals surface area (Å²) in [6, 6.07) is 8.77. The number of carbonyl (C=O) groups excluding carboxylic acids is 2. The number of aromatic nitrogens is 1. The fourth-order valence-corrected chi connectivity index (χ4v) is 3.20. The Morgan fingerprint density at radius 1 is 1.31 bits per heavy atom. The van der Waals surface area contributed by atoms with Crippen molar-refractivity contribution in [2.75, 3.05) is 11.4 Å². The molecule has 136 valence electrons. The molecule has 1 aromatic carbocycles. The van der Waals surface area contributed by atoms with Crippen LogP contribution in [0.5, 0.6) is 5.75 Å². The van der Waals surface area contributed by atoms with Crippen LogP contribution in [0, 0.1) is 6.92 Å². The Morgan fingerprint density at radius 2 is 2.08 bits per heavy atom. The molecule has 26 heavy (non-hydrogen) atoms. The van der Waals surface area contributed by atoms with E-state index in [2.05, 4.69) is 5.32 Å². The van der Waals surface area contributed by atoms with E-state index in [9.17, 15) is 19.5 Å². The number of benzene rings is 1. The molecule has 1 saturated heterocycles. The number of hydrogen-bond donors (Lipinski definition) is 2. The summed E-state index contributed by atoms with van der Waals surface area (Å²) in [4.78, 5) is 38.3. The van der Waals surface area contributed by atoms with Gasteiger partial charge in [-0.05, 0) is 37.6 Å². The molecule has 0 spiro atoms. The zero-order valence-electron chi connectivity index (χ0n) is 14.1. The SMILES string of the molecule is Cc1cc(O)cc(=O)n1CC(=O)NC1CCN(c2cccc(Cl)c2)C1=O. The zero-order valence-corrected chi connectivity index (χ0v) is 14.9. The molecular formula is C18H18ClN3O4. The number of carbonyl (C=O) groups is 2. The normalized spacial score (nSPS) is 16.8. The highest BCUT2D eigenvalue weighted by atomic mass is 35.5. The van der Waals surface area contributed by atoms with E-state index in [0.29, 0.717) is 29.4 Å². The van der Waals surface area contributed by atoms with Gasteiger partial charge in [0.1, 0.15) is 18.3 Å². The third-order valence-electron chi connectivity index (χ3n) is 4.28. The summed E-state index contributed by atoms with van der Waals surface area (Å²) >= 11 is 5.96. The Hall–Kier alpha value is -2.80. The molecule has 0 saturated carbocycles. The highest BCUT2D eigenvalue weighted by Crippen LogP contribution is 2.24. The van der Waals surface area contributed by atoms with Crippen molar-refractivity contribution in [3.8, 4) is 5.75 Å². The largest absolute Gasteiger partial charge is 0.508 e. The summed E-state index contributed by atoms with van der Waals surface area (Å²) in [7, 11) is 0. The molecular weight excluding hydrogens is 358 g/mol. The van der Waals surface area contributed by atoms with E-state index < -0.39 is 17.5 Å². The minimum atomic E-state index is -0.644. The Bertz CT molecular complexity index is 925. The molecule has 0 aliphatic carbocycles.